The fraction of sp³-hybridized carbons (Fsp3) is 0.476. The first-order valence-electron chi connectivity index (χ1n) is 10.4. The molecule has 0 aliphatic carbocycles. The van der Waals surface area contributed by atoms with Gasteiger partial charge >= 0.3 is 0 Å². The SMILES string of the molecule is Cc1sc2nc([C@H](C)Sc3ccc(S(=O)(=O)N4CCCCCC4)cn3)[nH]c(=O)c2c1C. The lowest BCUT2D eigenvalue weighted by atomic mass is 10.2. The van der Waals surface area contributed by atoms with Gasteiger partial charge in [-0.2, -0.15) is 4.31 Å². The van der Waals surface area contributed by atoms with Crippen molar-refractivity contribution in [2.75, 3.05) is 13.1 Å². The van der Waals surface area contributed by atoms with Gasteiger partial charge in [-0.15, -0.1) is 11.3 Å². The van der Waals surface area contributed by atoms with Crippen LogP contribution in [0, 0.1) is 13.8 Å². The molecule has 4 rings (SSSR count). The Labute approximate surface area is 190 Å². The molecule has 0 unspecified atom stereocenters. The first-order valence-corrected chi connectivity index (χ1v) is 13.5. The zero-order chi connectivity index (χ0) is 22.2. The molecule has 1 aliphatic heterocycles. The largest absolute Gasteiger partial charge is 0.309 e. The van der Waals surface area contributed by atoms with E-state index in [1.54, 1.807) is 16.4 Å². The van der Waals surface area contributed by atoms with Crippen molar-refractivity contribution in [1.82, 2.24) is 19.3 Å². The summed E-state index contributed by atoms with van der Waals surface area (Å²) in [6, 6.07) is 3.34. The summed E-state index contributed by atoms with van der Waals surface area (Å²) in [7, 11) is -3.51. The number of rotatable bonds is 5. The van der Waals surface area contributed by atoms with E-state index in [0.717, 1.165) is 41.0 Å². The predicted octanol–water partition coefficient (Wildman–Crippen LogP) is 4.41. The number of aromatic nitrogens is 3. The average molecular weight is 479 g/mol. The second kappa shape index (κ2) is 9.01. The zero-order valence-electron chi connectivity index (χ0n) is 17.8. The highest BCUT2D eigenvalue weighted by molar-refractivity contribution is 7.99. The quantitative estimate of drug-likeness (QED) is 0.546. The average Bonchev–Trinajstić information content (AvgIpc) is 2.92. The smallest absolute Gasteiger partial charge is 0.259 e. The van der Waals surface area contributed by atoms with Gasteiger partial charge in [0.25, 0.3) is 5.56 Å². The summed E-state index contributed by atoms with van der Waals surface area (Å²) in [5.41, 5.74) is 0.852. The Morgan fingerprint density at radius 2 is 1.87 bits per heavy atom. The minimum atomic E-state index is -3.51. The molecule has 0 aromatic carbocycles. The molecule has 0 bridgehead atoms. The number of fused-ring (bicyclic) bond motifs is 1. The number of hydrogen-bond donors (Lipinski definition) is 1. The van der Waals surface area contributed by atoms with E-state index in [0.29, 0.717) is 29.3 Å². The van der Waals surface area contributed by atoms with Gasteiger partial charge in [0, 0.05) is 24.2 Å². The summed E-state index contributed by atoms with van der Waals surface area (Å²) in [6.45, 7) is 7.02. The van der Waals surface area contributed by atoms with Crippen LogP contribution in [0.5, 0.6) is 0 Å². The van der Waals surface area contributed by atoms with Crippen LogP contribution in [0.2, 0.25) is 0 Å². The van der Waals surface area contributed by atoms with Gasteiger partial charge in [0.1, 0.15) is 15.6 Å². The summed E-state index contributed by atoms with van der Waals surface area (Å²) < 4.78 is 27.4. The molecule has 166 valence electrons. The molecule has 1 aliphatic rings. The van der Waals surface area contributed by atoms with Crippen molar-refractivity contribution in [3.8, 4) is 0 Å². The number of hydrogen-bond acceptors (Lipinski definition) is 7. The van der Waals surface area contributed by atoms with Gasteiger partial charge in [0.05, 0.1) is 15.7 Å². The molecule has 3 aromatic rings. The highest BCUT2D eigenvalue weighted by Crippen LogP contribution is 2.34. The molecule has 31 heavy (non-hydrogen) atoms. The summed E-state index contributed by atoms with van der Waals surface area (Å²) in [6.07, 6.45) is 5.38. The molecular weight excluding hydrogens is 452 g/mol. The molecule has 4 heterocycles. The van der Waals surface area contributed by atoms with Gasteiger partial charge in [0.15, 0.2) is 0 Å². The van der Waals surface area contributed by atoms with Crippen molar-refractivity contribution in [3.63, 3.8) is 0 Å². The number of thioether (sulfide) groups is 1. The van der Waals surface area contributed by atoms with E-state index in [9.17, 15) is 13.2 Å². The van der Waals surface area contributed by atoms with Gasteiger partial charge in [-0.1, -0.05) is 24.6 Å². The van der Waals surface area contributed by atoms with Gasteiger partial charge in [0.2, 0.25) is 10.0 Å². The summed E-state index contributed by atoms with van der Waals surface area (Å²) in [5.74, 6) is 0.590. The topological polar surface area (TPSA) is 96.0 Å². The normalized spacial score (nSPS) is 17.0. The molecule has 0 radical (unpaired) electrons. The van der Waals surface area contributed by atoms with Crippen LogP contribution in [-0.4, -0.2) is 40.8 Å². The fourth-order valence-corrected chi connectivity index (χ4v) is 7.07. The lowest BCUT2D eigenvalue weighted by molar-refractivity contribution is 0.423. The van der Waals surface area contributed by atoms with Crippen LogP contribution < -0.4 is 5.56 Å². The minimum Gasteiger partial charge on any atom is -0.309 e. The van der Waals surface area contributed by atoms with Gasteiger partial charge in [-0.25, -0.2) is 18.4 Å². The number of sulfonamides is 1. The van der Waals surface area contributed by atoms with E-state index in [4.69, 9.17) is 0 Å². The van der Waals surface area contributed by atoms with Crippen molar-refractivity contribution in [1.29, 1.82) is 0 Å². The lowest BCUT2D eigenvalue weighted by Crippen LogP contribution is -2.32. The Balaban J connectivity index is 1.52. The first kappa shape index (κ1) is 22.4. The predicted molar refractivity (Wildman–Crippen MR) is 125 cm³/mol. The maximum absolute atomic E-state index is 12.9. The van der Waals surface area contributed by atoms with Crippen LogP contribution >= 0.6 is 23.1 Å². The highest BCUT2D eigenvalue weighted by atomic mass is 32.2. The zero-order valence-corrected chi connectivity index (χ0v) is 20.3. The molecule has 0 saturated carbocycles. The Morgan fingerprint density at radius 3 is 2.52 bits per heavy atom. The van der Waals surface area contributed by atoms with Crippen molar-refractivity contribution in [2.24, 2.45) is 0 Å². The lowest BCUT2D eigenvalue weighted by Gasteiger charge is -2.19. The van der Waals surface area contributed by atoms with E-state index in [1.807, 2.05) is 20.8 Å². The standard InChI is InChI=1S/C21H26N4O3S3/c1-13-14(2)30-21-18(13)20(26)23-19(24-21)15(3)29-17-9-8-16(12-22-17)31(27,28)25-10-6-4-5-7-11-25/h8-9,12,15H,4-7,10-11H2,1-3H3,(H,23,24,26)/t15-/m0/s1. The molecule has 1 saturated heterocycles. The van der Waals surface area contributed by atoms with Crippen LogP contribution in [-0.2, 0) is 10.0 Å². The van der Waals surface area contributed by atoms with E-state index in [1.165, 1.54) is 29.3 Å². The third kappa shape index (κ3) is 4.57. The number of thiophene rings is 1. The number of H-pyrrole nitrogens is 1. The van der Waals surface area contributed by atoms with Crippen LogP contribution in [0.3, 0.4) is 0 Å². The van der Waals surface area contributed by atoms with Gasteiger partial charge in [-0.3, -0.25) is 4.79 Å². The van der Waals surface area contributed by atoms with Crippen molar-refractivity contribution >= 4 is 43.3 Å². The Morgan fingerprint density at radius 1 is 1.16 bits per heavy atom. The summed E-state index contributed by atoms with van der Waals surface area (Å²) >= 11 is 2.96. The fourth-order valence-electron chi connectivity index (χ4n) is 3.72. The molecule has 1 N–H and O–H groups in total. The minimum absolute atomic E-state index is 0.124. The molecule has 0 amide bonds. The molecule has 7 nitrogen and oxygen atoms in total. The number of pyridine rings is 1. The van der Waals surface area contributed by atoms with Crippen molar-refractivity contribution in [2.45, 2.75) is 61.6 Å². The van der Waals surface area contributed by atoms with Crippen LogP contribution in [0.1, 0.15) is 54.1 Å². The molecule has 1 fully saturated rings. The molecule has 0 spiro atoms. The maximum Gasteiger partial charge on any atom is 0.259 e. The number of nitrogens with one attached hydrogen (secondary N) is 1. The third-order valence-corrected chi connectivity index (χ3v) is 9.70. The van der Waals surface area contributed by atoms with Gasteiger partial charge < -0.3 is 4.98 Å². The number of nitrogens with zero attached hydrogens (tertiary/aromatic N) is 3. The molecule has 10 heteroatoms. The first-order chi connectivity index (χ1) is 14.8. The second-order valence-corrected chi connectivity index (χ2v) is 12.3. The van der Waals surface area contributed by atoms with E-state index >= 15 is 0 Å². The monoisotopic (exact) mass is 478 g/mol. The summed E-state index contributed by atoms with van der Waals surface area (Å²) in [4.78, 5) is 26.5. The maximum atomic E-state index is 12.9. The Kier molecular flexibility index (Phi) is 6.52. The number of aryl methyl sites for hydroxylation is 2. The second-order valence-electron chi connectivity index (χ2n) is 7.83. The van der Waals surface area contributed by atoms with E-state index < -0.39 is 10.0 Å². The highest BCUT2D eigenvalue weighted by Gasteiger charge is 2.25. The van der Waals surface area contributed by atoms with Crippen LogP contribution in [0.4, 0.5) is 0 Å². The number of aromatic amines is 1. The van der Waals surface area contributed by atoms with E-state index in [2.05, 4.69) is 15.0 Å². The third-order valence-electron chi connectivity index (χ3n) is 5.65. The Hall–Kier alpha value is -1.75. The van der Waals surface area contributed by atoms with E-state index in [-0.39, 0.29) is 15.7 Å². The van der Waals surface area contributed by atoms with Crippen molar-refractivity contribution in [3.05, 3.63) is 44.9 Å². The van der Waals surface area contributed by atoms with Gasteiger partial charge in [-0.05, 0) is 51.3 Å². The molecule has 3 aromatic heterocycles. The molecule has 1 atom stereocenters. The summed E-state index contributed by atoms with van der Waals surface area (Å²) in [5, 5.41) is 1.20. The van der Waals surface area contributed by atoms with Crippen molar-refractivity contribution < 1.29 is 8.42 Å². The van der Waals surface area contributed by atoms with Crippen LogP contribution in [0.15, 0.2) is 33.0 Å². The molecular formula is C21H26N4O3S3. The van der Waals surface area contributed by atoms with Crippen LogP contribution in [0.25, 0.3) is 10.2 Å². The Bertz CT molecular complexity index is 1240.